The van der Waals surface area contributed by atoms with E-state index in [1.165, 1.54) is 6.42 Å². The summed E-state index contributed by atoms with van der Waals surface area (Å²) in [5.41, 5.74) is 0.600. The maximum absolute atomic E-state index is 11.2. The van der Waals surface area contributed by atoms with Gasteiger partial charge in [-0.15, -0.1) is 0 Å². The van der Waals surface area contributed by atoms with Gasteiger partial charge in [-0.2, -0.15) is 5.10 Å². The highest BCUT2D eigenvalue weighted by molar-refractivity contribution is 5.61. The summed E-state index contributed by atoms with van der Waals surface area (Å²) in [7, 11) is 1.76. The van der Waals surface area contributed by atoms with E-state index in [-0.39, 0.29) is 10.6 Å². The van der Waals surface area contributed by atoms with Crippen LogP contribution in [0.25, 0.3) is 0 Å². The lowest BCUT2D eigenvalue weighted by Crippen LogP contribution is -2.38. The Morgan fingerprint density at radius 1 is 1.63 bits per heavy atom. The van der Waals surface area contributed by atoms with Crippen molar-refractivity contribution >= 4 is 11.5 Å². The van der Waals surface area contributed by atoms with Gasteiger partial charge < -0.3 is 10.2 Å². The predicted octanol–water partition coefficient (Wildman–Crippen LogP) is 1.22. The molecule has 0 aromatic carbocycles. The number of likely N-dealkylation sites (N-methyl/N-ethyl adjacent to an activating group) is 1. The van der Waals surface area contributed by atoms with Crippen LogP contribution in [-0.4, -0.2) is 40.4 Å². The SMILES string of the molecule is CCN(CC1CCCN1)c1c([N+](=O)[O-])c(C)nn1C. The number of aryl methyl sites for hydroxylation is 2. The zero-order chi connectivity index (χ0) is 14.0. The average molecular weight is 267 g/mol. The molecule has 1 fully saturated rings. The van der Waals surface area contributed by atoms with Gasteiger partial charge in [0.25, 0.3) is 0 Å². The van der Waals surface area contributed by atoms with E-state index in [0.29, 0.717) is 17.6 Å². The van der Waals surface area contributed by atoms with Gasteiger partial charge in [0.1, 0.15) is 5.69 Å². The summed E-state index contributed by atoms with van der Waals surface area (Å²) in [5, 5.41) is 18.8. The first-order valence-electron chi connectivity index (χ1n) is 6.71. The third-order valence-electron chi connectivity index (χ3n) is 3.63. The van der Waals surface area contributed by atoms with Crippen LogP contribution in [0.5, 0.6) is 0 Å². The molecule has 1 aliphatic heterocycles. The molecule has 19 heavy (non-hydrogen) atoms. The molecule has 1 atom stereocenters. The molecule has 1 N–H and O–H groups in total. The van der Waals surface area contributed by atoms with Gasteiger partial charge in [0.15, 0.2) is 0 Å². The molecule has 7 heteroatoms. The van der Waals surface area contributed by atoms with E-state index in [9.17, 15) is 10.1 Å². The predicted molar refractivity (Wildman–Crippen MR) is 73.5 cm³/mol. The van der Waals surface area contributed by atoms with Gasteiger partial charge in [0, 0.05) is 26.2 Å². The molecule has 0 bridgehead atoms. The van der Waals surface area contributed by atoms with Gasteiger partial charge in [0.2, 0.25) is 5.82 Å². The van der Waals surface area contributed by atoms with Crippen LogP contribution in [0.4, 0.5) is 11.5 Å². The van der Waals surface area contributed by atoms with Crippen molar-refractivity contribution in [1.82, 2.24) is 15.1 Å². The van der Waals surface area contributed by atoms with Gasteiger partial charge in [-0.05, 0) is 33.2 Å². The van der Waals surface area contributed by atoms with E-state index in [1.807, 2.05) is 11.8 Å². The largest absolute Gasteiger partial charge is 0.350 e. The molecule has 0 radical (unpaired) electrons. The molecular weight excluding hydrogens is 246 g/mol. The van der Waals surface area contributed by atoms with Crippen LogP contribution in [0.15, 0.2) is 0 Å². The summed E-state index contributed by atoms with van der Waals surface area (Å²) < 4.78 is 1.62. The molecule has 1 saturated heterocycles. The number of hydrogen-bond donors (Lipinski definition) is 1. The average Bonchev–Trinajstić information content (AvgIpc) is 2.93. The molecule has 0 saturated carbocycles. The van der Waals surface area contributed by atoms with E-state index in [4.69, 9.17) is 0 Å². The fourth-order valence-electron chi connectivity index (χ4n) is 2.75. The Morgan fingerprint density at radius 2 is 2.37 bits per heavy atom. The fourth-order valence-corrected chi connectivity index (χ4v) is 2.75. The topological polar surface area (TPSA) is 76.2 Å². The van der Waals surface area contributed by atoms with E-state index >= 15 is 0 Å². The number of nitro groups is 1. The van der Waals surface area contributed by atoms with Crippen LogP contribution >= 0.6 is 0 Å². The van der Waals surface area contributed by atoms with Crippen molar-refractivity contribution < 1.29 is 4.92 Å². The first kappa shape index (κ1) is 13.8. The Balaban J connectivity index is 2.28. The second-order valence-corrected chi connectivity index (χ2v) is 4.97. The molecule has 1 aromatic heterocycles. The van der Waals surface area contributed by atoms with Crippen molar-refractivity contribution in [1.29, 1.82) is 0 Å². The molecular formula is C12H21N5O2. The summed E-state index contributed by atoms with van der Waals surface area (Å²) in [4.78, 5) is 12.9. The van der Waals surface area contributed by atoms with Crippen molar-refractivity contribution in [2.75, 3.05) is 24.5 Å². The third-order valence-corrected chi connectivity index (χ3v) is 3.63. The molecule has 106 valence electrons. The van der Waals surface area contributed by atoms with Crippen LogP contribution in [0.2, 0.25) is 0 Å². The summed E-state index contributed by atoms with van der Waals surface area (Å²) in [6, 6.07) is 0.412. The highest BCUT2D eigenvalue weighted by Gasteiger charge is 2.29. The van der Waals surface area contributed by atoms with Crippen LogP contribution < -0.4 is 10.2 Å². The first-order chi connectivity index (χ1) is 9.04. The van der Waals surface area contributed by atoms with Crippen molar-refractivity contribution in [2.24, 2.45) is 7.05 Å². The van der Waals surface area contributed by atoms with Crippen molar-refractivity contribution in [2.45, 2.75) is 32.7 Å². The maximum Gasteiger partial charge on any atom is 0.333 e. The summed E-state index contributed by atoms with van der Waals surface area (Å²) in [6.07, 6.45) is 2.30. The maximum atomic E-state index is 11.2. The Kier molecular flexibility index (Phi) is 4.04. The minimum Gasteiger partial charge on any atom is -0.350 e. The van der Waals surface area contributed by atoms with Crippen LogP contribution in [0.1, 0.15) is 25.5 Å². The van der Waals surface area contributed by atoms with Crippen molar-refractivity contribution in [3.05, 3.63) is 15.8 Å². The fraction of sp³-hybridized carbons (Fsp3) is 0.750. The standard InChI is InChI=1S/C12H21N5O2/c1-4-16(8-10-6-5-7-13-10)12-11(17(18)19)9(2)14-15(12)3/h10,13H,4-8H2,1-3H3. The van der Waals surface area contributed by atoms with Gasteiger partial charge in [-0.1, -0.05) is 0 Å². The Hall–Kier alpha value is -1.63. The highest BCUT2D eigenvalue weighted by Crippen LogP contribution is 2.31. The van der Waals surface area contributed by atoms with Gasteiger partial charge in [0.05, 0.1) is 4.92 Å². The van der Waals surface area contributed by atoms with E-state index in [1.54, 1.807) is 18.7 Å². The van der Waals surface area contributed by atoms with E-state index in [0.717, 1.165) is 26.1 Å². The monoisotopic (exact) mass is 267 g/mol. The van der Waals surface area contributed by atoms with Gasteiger partial charge >= 0.3 is 5.69 Å². The molecule has 7 nitrogen and oxygen atoms in total. The zero-order valence-corrected chi connectivity index (χ0v) is 11.7. The molecule has 2 rings (SSSR count). The second kappa shape index (κ2) is 5.56. The number of anilines is 1. The lowest BCUT2D eigenvalue weighted by Gasteiger charge is -2.25. The van der Waals surface area contributed by atoms with E-state index < -0.39 is 0 Å². The second-order valence-electron chi connectivity index (χ2n) is 4.97. The van der Waals surface area contributed by atoms with Crippen LogP contribution in [0, 0.1) is 17.0 Å². The normalized spacial score (nSPS) is 18.8. The molecule has 1 aromatic rings. The summed E-state index contributed by atoms with van der Waals surface area (Å²) in [6.45, 7) is 6.26. The molecule has 2 heterocycles. The Labute approximate surface area is 112 Å². The zero-order valence-electron chi connectivity index (χ0n) is 11.7. The lowest BCUT2D eigenvalue weighted by molar-refractivity contribution is -0.384. The Morgan fingerprint density at radius 3 is 2.89 bits per heavy atom. The molecule has 0 spiro atoms. The van der Waals surface area contributed by atoms with Gasteiger partial charge in [-0.3, -0.25) is 10.1 Å². The molecule has 0 aliphatic carbocycles. The number of rotatable bonds is 5. The first-order valence-corrected chi connectivity index (χ1v) is 6.71. The lowest BCUT2D eigenvalue weighted by atomic mass is 10.2. The number of aromatic nitrogens is 2. The quantitative estimate of drug-likeness (QED) is 0.641. The van der Waals surface area contributed by atoms with Crippen molar-refractivity contribution in [3.63, 3.8) is 0 Å². The highest BCUT2D eigenvalue weighted by atomic mass is 16.6. The minimum atomic E-state index is -0.331. The van der Waals surface area contributed by atoms with Crippen LogP contribution in [-0.2, 0) is 7.05 Å². The number of nitrogens with zero attached hydrogens (tertiary/aromatic N) is 4. The molecule has 1 aliphatic rings. The van der Waals surface area contributed by atoms with Crippen LogP contribution in [0.3, 0.4) is 0 Å². The molecule has 1 unspecified atom stereocenters. The smallest absolute Gasteiger partial charge is 0.333 e. The summed E-state index contributed by atoms with van der Waals surface area (Å²) in [5.74, 6) is 0.610. The third kappa shape index (κ3) is 2.70. The Bertz CT molecular complexity index is 465. The van der Waals surface area contributed by atoms with Crippen molar-refractivity contribution in [3.8, 4) is 0 Å². The van der Waals surface area contributed by atoms with E-state index in [2.05, 4.69) is 10.4 Å². The minimum absolute atomic E-state index is 0.127. The van der Waals surface area contributed by atoms with Gasteiger partial charge in [-0.25, -0.2) is 4.68 Å². The number of nitrogens with one attached hydrogen (secondary N) is 1. The summed E-state index contributed by atoms with van der Waals surface area (Å²) >= 11 is 0. The number of hydrogen-bond acceptors (Lipinski definition) is 5. The molecule has 0 amide bonds.